The lowest BCUT2D eigenvalue weighted by Crippen LogP contribution is -2.40. The van der Waals surface area contributed by atoms with Gasteiger partial charge in [0.05, 0.1) is 0 Å². The molecular weight excluding hydrogens is 288 g/mol. The van der Waals surface area contributed by atoms with Gasteiger partial charge in [-0.15, -0.1) is 0 Å². The minimum atomic E-state index is 0.312. The van der Waals surface area contributed by atoms with Gasteiger partial charge >= 0.3 is 0 Å². The molecule has 128 valence electrons. The Bertz CT molecular complexity index is 518. The van der Waals surface area contributed by atoms with E-state index in [1.165, 1.54) is 25.8 Å². The van der Waals surface area contributed by atoms with Crippen molar-refractivity contribution in [1.82, 2.24) is 19.9 Å². The lowest BCUT2D eigenvalue weighted by atomic mass is 10.1. The van der Waals surface area contributed by atoms with Gasteiger partial charge in [-0.25, -0.2) is 0 Å². The highest BCUT2D eigenvalue weighted by molar-refractivity contribution is 5.42. The number of aromatic nitrogens is 3. The third kappa shape index (κ3) is 3.27. The summed E-state index contributed by atoms with van der Waals surface area (Å²) in [6, 6.07) is 1.12. The van der Waals surface area contributed by atoms with Crippen molar-refractivity contribution in [2.75, 3.05) is 43.5 Å². The first-order valence-corrected chi connectivity index (χ1v) is 8.93. The maximum atomic E-state index is 4.83. The highest BCUT2D eigenvalue weighted by Gasteiger charge is 2.38. The zero-order valence-electron chi connectivity index (χ0n) is 15.2. The molecule has 2 saturated heterocycles. The van der Waals surface area contributed by atoms with Crippen LogP contribution in [-0.2, 0) is 0 Å². The van der Waals surface area contributed by atoms with Crippen LogP contribution in [0.2, 0.25) is 0 Å². The Morgan fingerprint density at radius 2 is 1.83 bits per heavy atom. The average molecular weight is 318 g/mol. The first-order valence-electron chi connectivity index (χ1n) is 8.93. The van der Waals surface area contributed by atoms with Gasteiger partial charge in [0.2, 0.25) is 11.9 Å². The van der Waals surface area contributed by atoms with E-state index in [0.29, 0.717) is 18.0 Å². The molecule has 3 heterocycles. The minimum absolute atomic E-state index is 0.312. The molecule has 2 atom stereocenters. The molecule has 2 aliphatic heterocycles. The highest BCUT2D eigenvalue weighted by Crippen LogP contribution is 2.34. The Balaban J connectivity index is 1.96. The monoisotopic (exact) mass is 318 g/mol. The van der Waals surface area contributed by atoms with Crippen LogP contribution in [0.3, 0.4) is 0 Å². The lowest BCUT2D eigenvalue weighted by molar-refractivity contribution is 0.273. The number of nitrogens with zero attached hydrogens (tertiary/aromatic N) is 6. The Hall–Kier alpha value is -1.43. The van der Waals surface area contributed by atoms with E-state index in [4.69, 9.17) is 9.97 Å². The Morgan fingerprint density at radius 3 is 2.48 bits per heavy atom. The van der Waals surface area contributed by atoms with Crippen LogP contribution in [0, 0.1) is 0 Å². The summed E-state index contributed by atoms with van der Waals surface area (Å²) < 4.78 is 0. The van der Waals surface area contributed by atoms with Crippen molar-refractivity contribution in [2.45, 2.75) is 58.0 Å². The quantitative estimate of drug-likeness (QED) is 0.847. The fourth-order valence-electron chi connectivity index (χ4n) is 3.70. The molecule has 6 heteroatoms. The van der Waals surface area contributed by atoms with E-state index in [9.17, 15) is 0 Å². The van der Waals surface area contributed by atoms with Crippen molar-refractivity contribution < 1.29 is 0 Å². The second-order valence-electron chi connectivity index (χ2n) is 7.32. The van der Waals surface area contributed by atoms with Crippen LogP contribution in [0.15, 0.2) is 0 Å². The van der Waals surface area contributed by atoms with Crippen LogP contribution < -0.4 is 9.80 Å². The van der Waals surface area contributed by atoms with Gasteiger partial charge in [0.25, 0.3) is 0 Å². The molecule has 0 amide bonds. The summed E-state index contributed by atoms with van der Waals surface area (Å²) in [6.45, 7) is 10.0. The van der Waals surface area contributed by atoms with E-state index in [2.05, 4.69) is 35.6 Å². The molecule has 2 unspecified atom stereocenters. The van der Waals surface area contributed by atoms with Crippen LogP contribution in [0.25, 0.3) is 0 Å². The van der Waals surface area contributed by atoms with E-state index in [1.54, 1.807) is 0 Å². The van der Waals surface area contributed by atoms with Crippen LogP contribution in [0.1, 0.15) is 51.8 Å². The number of likely N-dealkylation sites (tertiary alicyclic amines) is 1. The SMILES string of the molecule is CCN1CCC2CCC(C1)N2c1nc(C(C)C)nc(N(C)C)n1. The van der Waals surface area contributed by atoms with Gasteiger partial charge in [-0.05, 0) is 25.8 Å². The predicted molar refractivity (Wildman–Crippen MR) is 94.3 cm³/mol. The normalized spacial score (nSPS) is 25.0. The summed E-state index contributed by atoms with van der Waals surface area (Å²) in [5.41, 5.74) is 0. The number of fused-ring (bicyclic) bond motifs is 2. The molecule has 0 aliphatic carbocycles. The van der Waals surface area contributed by atoms with Crippen LogP contribution in [0.4, 0.5) is 11.9 Å². The van der Waals surface area contributed by atoms with Crippen LogP contribution in [0.5, 0.6) is 0 Å². The first-order chi connectivity index (χ1) is 11.0. The molecule has 6 nitrogen and oxygen atoms in total. The zero-order valence-corrected chi connectivity index (χ0v) is 15.2. The number of likely N-dealkylation sites (N-methyl/N-ethyl adjacent to an activating group) is 1. The molecule has 0 N–H and O–H groups in total. The number of hydrogen-bond acceptors (Lipinski definition) is 6. The molecule has 2 aliphatic rings. The van der Waals surface area contributed by atoms with Crippen molar-refractivity contribution >= 4 is 11.9 Å². The molecule has 23 heavy (non-hydrogen) atoms. The van der Waals surface area contributed by atoms with Crippen LogP contribution >= 0.6 is 0 Å². The molecule has 1 aromatic rings. The number of anilines is 2. The van der Waals surface area contributed by atoms with Crippen LogP contribution in [-0.4, -0.2) is 65.7 Å². The topological polar surface area (TPSA) is 48.4 Å². The van der Waals surface area contributed by atoms with Gasteiger partial charge in [0, 0.05) is 45.2 Å². The zero-order chi connectivity index (χ0) is 16.6. The van der Waals surface area contributed by atoms with E-state index in [-0.39, 0.29) is 0 Å². The van der Waals surface area contributed by atoms with E-state index in [1.807, 2.05) is 19.0 Å². The van der Waals surface area contributed by atoms with Gasteiger partial charge in [-0.1, -0.05) is 20.8 Å². The van der Waals surface area contributed by atoms with E-state index in [0.717, 1.165) is 30.8 Å². The van der Waals surface area contributed by atoms with Gasteiger partial charge in [-0.2, -0.15) is 15.0 Å². The first kappa shape index (κ1) is 16.4. The van der Waals surface area contributed by atoms with Crippen molar-refractivity contribution in [1.29, 1.82) is 0 Å². The molecule has 0 radical (unpaired) electrons. The second kappa shape index (κ2) is 6.59. The summed E-state index contributed by atoms with van der Waals surface area (Å²) in [5.74, 6) is 2.87. The molecule has 0 saturated carbocycles. The molecule has 2 fully saturated rings. The second-order valence-corrected chi connectivity index (χ2v) is 7.32. The van der Waals surface area contributed by atoms with Crippen molar-refractivity contribution in [3.05, 3.63) is 5.82 Å². The fraction of sp³-hybridized carbons (Fsp3) is 0.824. The smallest absolute Gasteiger partial charge is 0.230 e. The maximum Gasteiger partial charge on any atom is 0.230 e. The number of hydrogen-bond donors (Lipinski definition) is 0. The fourth-order valence-corrected chi connectivity index (χ4v) is 3.70. The molecular formula is C17H30N6. The molecule has 0 spiro atoms. The Morgan fingerprint density at radius 1 is 1.09 bits per heavy atom. The average Bonchev–Trinajstić information content (AvgIpc) is 2.81. The lowest BCUT2D eigenvalue weighted by Gasteiger charge is -2.29. The van der Waals surface area contributed by atoms with Gasteiger partial charge < -0.3 is 14.7 Å². The third-order valence-electron chi connectivity index (χ3n) is 5.09. The van der Waals surface area contributed by atoms with Gasteiger partial charge in [0.1, 0.15) is 5.82 Å². The Kier molecular flexibility index (Phi) is 4.71. The van der Waals surface area contributed by atoms with E-state index < -0.39 is 0 Å². The molecule has 1 aromatic heterocycles. The third-order valence-corrected chi connectivity index (χ3v) is 5.09. The maximum absolute atomic E-state index is 4.83. The standard InChI is InChI=1S/C17H30N6/c1-6-22-10-9-13-7-8-14(11-22)23(13)17-19-15(12(2)3)18-16(20-17)21(4)5/h12-14H,6-11H2,1-5H3. The highest BCUT2D eigenvalue weighted by atomic mass is 15.4. The summed E-state index contributed by atoms with van der Waals surface area (Å²) >= 11 is 0. The molecule has 2 bridgehead atoms. The van der Waals surface area contributed by atoms with E-state index >= 15 is 0 Å². The number of rotatable bonds is 4. The predicted octanol–water partition coefficient (Wildman–Crippen LogP) is 2.12. The molecule has 0 aromatic carbocycles. The summed E-state index contributed by atoms with van der Waals surface area (Å²) in [6.07, 6.45) is 3.73. The summed E-state index contributed by atoms with van der Waals surface area (Å²) in [4.78, 5) is 21.3. The summed E-state index contributed by atoms with van der Waals surface area (Å²) in [7, 11) is 4.00. The van der Waals surface area contributed by atoms with Crippen molar-refractivity contribution in [2.24, 2.45) is 0 Å². The largest absolute Gasteiger partial charge is 0.347 e. The van der Waals surface area contributed by atoms with Gasteiger partial charge in [0.15, 0.2) is 0 Å². The van der Waals surface area contributed by atoms with Crippen molar-refractivity contribution in [3.8, 4) is 0 Å². The summed E-state index contributed by atoms with van der Waals surface area (Å²) in [5, 5.41) is 0. The Labute approximate surface area is 139 Å². The van der Waals surface area contributed by atoms with Crippen molar-refractivity contribution in [3.63, 3.8) is 0 Å². The molecule has 3 rings (SSSR count). The van der Waals surface area contributed by atoms with Gasteiger partial charge in [-0.3, -0.25) is 0 Å². The minimum Gasteiger partial charge on any atom is -0.347 e.